The Morgan fingerprint density at radius 3 is 1.04 bits per heavy atom. The van der Waals surface area contributed by atoms with Crippen LogP contribution >= 0.6 is 0 Å². The molecule has 24 heavy (non-hydrogen) atoms. The summed E-state index contributed by atoms with van der Waals surface area (Å²) in [5.74, 6) is -32.5. The molecule has 0 radical (unpaired) electrons. The second-order valence-corrected chi connectivity index (χ2v) is 5.25. The van der Waals surface area contributed by atoms with Crippen molar-refractivity contribution in [2.24, 2.45) is 0 Å². The maximum atomic E-state index is 12.7. The van der Waals surface area contributed by atoms with Crippen molar-refractivity contribution in [2.45, 2.75) is 35.1 Å². The minimum atomic E-state index is -8.25. The van der Waals surface area contributed by atoms with Gasteiger partial charge in [-0.1, -0.05) is 0 Å². The van der Waals surface area contributed by atoms with Crippen molar-refractivity contribution in [3.05, 3.63) is 0 Å². The first-order valence-electron chi connectivity index (χ1n) is 4.43. The average Bonchev–Trinajstić information content (AvgIpc) is 2.24. The van der Waals surface area contributed by atoms with Gasteiger partial charge in [0.25, 0.3) is 0 Å². The van der Waals surface area contributed by atoms with Gasteiger partial charge < -0.3 is 1.43 Å². The van der Waals surface area contributed by atoms with Crippen LogP contribution < -0.4 is 68.9 Å². The maximum absolute atomic E-state index is 12.7. The summed E-state index contributed by atoms with van der Waals surface area (Å²) in [4.78, 5) is 0. The largest absolute Gasteiger partial charge is 1.00 e. The van der Waals surface area contributed by atoms with Gasteiger partial charge in [-0.25, -0.2) is 0 Å². The zero-order chi connectivity index (χ0) is 19.5. The Bertz CT molecular complexity index is 571. The molecule has 0 unspecified atom stereocenters. The molecule has 0 bridgehead atoms. The molecule has 18 heteroatoms. The molecule has 0 aliphatic carbocycles. The Hall–Kier alpha value is 1.05. The average molecular weight is 534 g/mol. The number of alkyl halides is 13. The van der Waals surface area contributed by atoms with E-state index in [0.29, 0.717) is 0 Å². The molecule has 0 atom stereocenters. The van der Waals surface area contributed by atoms with Crippen molar-refractivity contribution in [3.8, 4) is 0 Å². The van der Waals surface area contributed by atoms with Gasteiger partial charge in [-0.2, -0.15) is 65.5 Å². The van der Waals surface area contributed by atoms with E-state index in [9.17, 15) is 65.5 Å². The fourth-order valence-electron chi connectivity index (χ4n) is 0.917. The van der Waals surface area contributed by atoms with Crippen LogP contribution in [0.3, 0.4) is 0 Å². The SMILES string of the molecule is O=S(=O)(O)C(F)(F)C(F)(F)C(F)(F)C(F)(F)C(F)(F)C(F)(F)F.[Cs+].[H-]. The minimum absolute atomic E-state index is 0. The molecule has 142 valence electrons. The molecule has 0 aromatic carbocycles. The van der Waals surface area contributed by atoms with Gasteiger partial charge in [-0.3, -0.25) is 4.55 Å². The van der Waals surface area contributed by atoms with Gasteiger partial charge >= 0.3 is 114 Å². The molecule has 3 nitrogen and oxygen atoms in total. The van der Waals surface area contributed by atoms with Crippen LogP contribution in [0.2, 0.25) is 0 Å². The molecule has 0 saturated heterocycles. The number of hydrogen-bond acceptors (Lipinski definition) is 2. The monoisotopic (exact) mass is 534 g/mol. The molecule has 0 fully saturated rings. The second-order valence-electron chi connectivity index (χ2n) is 3.79. The molecule has 0 rings (SSSR count). The fraction of sp³-hybridized carbons (Fsp3) is 1.00. The summed E-state index contributed by atoms with van der Waals surface area (Å²) in [6, 6.07) is 0. The normalized spacial score (nSPS) is 15.9. The Labute approximate surface area is 183 Å². The van der Waals surface area contributed by atoms with Gasteiger partial charge in [0, 0.05) is 0 Å². The Morgan fingerprint density at radius 1 is 0.583 bits per heavy atom. The number of hydrogen-bond donors (Lipinski definition) is 1. The summed E-state index contributed by atoms with van der Waals surface area (Å²) in [5.41, 5.74) is 0. The Kier molecular flexibility index (Phi) is 7.84. The van der Waals surface area contributed by atoms with Crippen molar-refractivity contribution in [2.75, 3.05) is 0 Å². The summed E-state index contributed by atoms with van der Waals surface area (Å²) in [7, 11) is -7.61. The van der Waals surface area contributed by atoms with Crippen molar-refractivity contribution in [1.29, 1.82) is 0 Å². The fourth-order valence-corrected chi connectivity index (χ4v) is 1.37. The van der Waals surface area contributed by atoms with E-state index in [1.165, 1.54) is 0 Å². The summed E-state index contributed by atoms with van der Waals surface area (Å²) < 4.78 is 188. The maximum Gasteiger partial charge on any atom is 1.00 e. The van der Waals surface area contributed by atoms with Crippen molar-refractivity contribution in [1.82, 2.24) is 0 Å². The van der Waals surface area contributed by atoms with Gasteiger partial charge in [-0.15, -0.1) is 0 Å². The van der Waals surface area contributed by atoms with Crippen molar-refractivity contribution in [3.63, 3.8) is 0 Å². The molecule has 0 saturated carbocycles. The third kappa shape index (κ3) is 3.70. The van der Waals surface area contributed by atoms with E-state index in [2.05, 4.69) is 0 Å². The van der Waals surface area contributed by atoms with Crippen LogP contribution in [0.15, 0.2) is 0 Å². The summed E-state index contributed by atoms with van der Waals surface area (Å²) >= 11 is 0. The molecule has 0 aromatic heterocycles. The molecule has 0 aromatic rings. The molecular weight excluding hydrogens is 532 g/mol. The van der Waals surface area contributed by atoms with Gasteiger partial charge in [0.2, 0.25) is 0 Å². The van der Waals surface area contributed by atoms with Crippen LogP contribution in [0.5, 0.6) is 0 Å². The number of rotatable bonds is 5. The zero-order valence-electron chi connectivity index (χ0n) is 11.6. The third-order valence-electron chi connectivity index (χ3n) is 2.23. The first-order valence-corrected chi connectivity index (χ1v) is 5.87. The predicted octanol–water partition coefficient (Wildman–Crippen LogP) is 0.687. The van der Waals surface area contributed by atoms with Gasteiger partial charge in [-0.05, 0) is 0 Å². The Morgan fingerprint density at radius 2 is 0.833 bits per heavy atom. The minimum Gasteiger partial charge on any atom is -1.00 e. The summed E-state index contributed by atoms with van der Waals surface area (Å²) in [5, 5.41) is -7.52. The van der Waals surface area contributed by atoms with E-state index in [1.54, 1.807) is 0 Å². The molecular formula is C6H2CsF13O3S. The van der Waals surface area contributed by atoms with E-state index in [0.717, 1.165) is 0 Å². The predicted molar refractivity (Wildman–Crippen MR) is 43.5 cm³/mol. The van der Waals surface area contributed by atoms with Crippen LogP contribution in [0, 0.1) is 0 Å². The van der Waals surface area contributed by atoms with Gasteiger partial charge in [0.15, 0.2) is 0 Å². The molecule has 0 amide bonds. The van der Waals surface area contributed by atoms with E-state index in [1.807, 2.05) is 0 Å². The summed E-state index contributed by atoms with van der Waals surface area (Å²) in [6.07, 6.45) is -7.59. The third-order valence-corrected chi connectivity index (χ3v) is 3.13. The van der Waals surface area contributed by atoms with Crippen molar-refractivity contribution < 1.29 is 140 Å². The smallest absolute Gasteiger partial charge is 1.00 e. The van der Waals surface area contributed by atoms with Gasteiger partial charge in [0.1, 0.15) is 0 Å². The van der Waals surface area contributed by atoms with Crippen LogP contribution in [-0.2, 0) is 10.1 Å². The van der Waals surface area contributed by atoms with Crippen LogP contribution in [0.4, 0.5) is 57.1 Å². The Balaban J connectivity index is -0.00000242. The van der Waals surface area contributed by atoms with Crippen LogP contribution in [-0.4, -0.2) is 48.1 Å². The molecule has 0 aliphatic rings. The molecule has 0 spiro atoms. The van der Waals surface area contributed by atoms with Crippen LogP contribution in [0.1, 0.15) is 1.43 Å². The van der Waals surface area contributed by atoms with E-state index in [4.69, 9.17) is 4.55 Å². The standard InChI is InChI=1S/C6HF13O3S.Cs.H/c7-1(8,3(11,12)5(15,16)17)2(9,10)4(13,14)6(18,19)23(20,21)22;;/h(H,20,21,22);;/q;+1;-1. The second kappa shape index (κ2) is 6.90. The quantitative estimate of drug-likeness (QED) is 0.418. The first-order chi connectivity index (χ1) is 9.50. The van der Waals surface area contributed by atoms with E-state index >= 15 is 0 Å². The van der Waals surface area contributed by atoms with E-state index in [-0.39, 0.29) is 70.3 Å². The molecule has 1 N–H and O–H groups in total. The zero-order valence-corrected chi connectivity index (χ0v) is 17.7. The topological polar surface area (TPSA) is 54.4 Å². The van der Waals surface area contributed by atoms with Crippen LogP contribution in [0.25, 0.3) is 0 Å². The molecule has 0 heterocycles. The first kappa shape index (κ1) is 27.3. The molecule has 0 aliphatic heterocycles. The van der Waals surface area contributed by atoms with E-state index < -0.39 is 45.2 Å². The number of halogens is 13. The van der Waals surface area contributed by atoms with Gasteiger partial charge in [0.05, 0.1) is 0 Å². The van der Waals surface area contributed by atoms with Crippen molar-refractivity contribution >= 4 is 10.1 Å². The summed E-state index contributed by atoms with van der Waals surface area (Å²) in [6.45, 7) is 0.